The molecular formula is C12H13ClF2O4. The highest BCUT2D eigenvalue weighted by molar-refractivity contribution is 6.17. The van der Waals surface area contributed by atoms with Gasteiger partial charge >= 0.3 is 5.97 Å². The Morgan fingerprint density at radius 2 is 1.89 bits per heavy atom. The number of benzene rings is 1. The van der Waals surface area contributed by atoms with E-state index in [1.54, 1.807) is 0 Å². The Kier molecular flexibility index (Phi) is 5.65. The van der Waals surface area contributed by atoms with Crippen molar-refractivity contribution in [1.82, 2.24) is 0 Å². The first kappa shape index (κ1) is 15.8. The van der Waals surface area contributed by atoms with Crippen LogP contribution >= 0.6 is 11.6 Å². The maximum Gasteiger partial charge on any atom is 0.343 e. The van der Waals surface area contributed by atoms with E-state index in [4.69, 9.17) is 11.6 Å². The Morgan fingerprint density at radius 1 is 1.37 bits per heavy atom. The van der Waals surface area contributed by atoms with E-state index < -0.39 is 35.4 Å². The number of halogens is 3. The predicted octanol–water partition coefficient (Wildman–Crippen LogP) is 1.77. The summed E-state index contributed by atoms with van der Waals surface area (Å²) in [6.45, 7) is 0. The van der Waals surface area contributed by atoms with Crippen LogP contribution in [0.2, 0.25) is 0 Å². The van der Waals surface area contributed by atoms with Gasteiger partial charge in [-0.05, 0) is 24.1 Å². The molecule has 0 spiro atoms. The number of ether oxygens (including phenoxy) is 1. The van der Waals surface area contributed by atoms with Gasteiger partial charge in [0.2, 0.25) is 0 Å². The molecule has 2 N–H and O–H groups in total. The average Bonchev–Trinajstić information content (AvgIpc) is 2.36. The summed E-state index contributed by atoms with van der Waals surface area (Å²) in [5.74, 6) is -3.40. The van der Waals surface area contributed by atoms with Gasteiger partial charge in [-0.1, -0.05) is 0 Å². The highest BCUT2D eigenvalue weighted by atomic mass is 35.5. The van der Waals surface area contributed by atoms with Crippen LogP contribution in [-0.2, 0) is 4.74 Å². The molecule has 0 amide bonds. The Morgan fingerprint density at radius 3 is 2.32 bits per heavy atom. The molecule has 106 valence electrons. The number of alkyl halides is 1. The van der Waals surface area contributed by atoms with Gasteiger partial charge in [0.25, 0.3) is 0 Å². The molecule has 0 aromatic heterocycles. The molecule has 0 heterocycles. The fraction of sp³-hybridized carbons (Fsp3) is 0.417. The molecule has 0 aliphatic heterocycles. The van der Waals surface area contributed by atoms with Crippen LogP contribution in [0.1, 0.15) is 28.4 Å². The number of rotatable bonds is 5. The van der Waals surface area contributed by atoms with Crippen LogP contribution in [0.4, 0.5) is 8.78 Å². The molecular weight excluding hydrogens is 282 g/mol. The third-order valence-electron chi connectivity index (χ3n) is 2.56. The zero-order valence-electron chi connectivity index (χ0n) is 10.1. The SMILES string of the molecule is COC(=O)c1c(F)cc(C(O)C(O)CCCl)cc1F. The second kappa shape index (κ2) is 6.79. The van der Waals surface area contributed by atoms with Crippen molar-refractivity contribution < 1.29 is 28.5 Å². The molecule has 1 aromatic rings. The van der Waals surface area contributed by atoms with Crippen LogP contribution in [-0.4, -0.2) is 35.3 Å². The lowest BCUT2D eigenvalue weighted by Gasteiger charge is -2.18. The van der Waals surface area contributed by atoms with Gasteiger partial charge in [-0.15, -0.1) is 11.6 Å². The van der Waals surface area contributed by atoms with Gasteiger partial charge in [-0.2, -0.15) is 0 Å². The Labute approximate surface area is 113 Å². The average molecular weight is 295 g/mol. The van der Waals surface area contributed by atoms with Crippen molar-refractivity contribution in [3.63, 3.8) is 0 Å². The van der Waals surface area contributed by atoms with Crippen molar-refractivity contribution in [2.45, 2.75) is 18.6 Å². The van der Waals surface area contributed by atoms with Gasteiger partial charge in [0, 0.05) is 5.88 Å². The van der Waals surface area contributed by atoms with E-state index in [1.165, 1.54) is 0 Å². The summed E-state index contributed by atoms with van der Waals surface area (Å²) in [7, 11) is 0.994. The number of hydrogen-bond acceptors (Lipinski definition) is 4. The molecule has 2 unspecified atom stereocenters. The van der Waals surface area contributed by atoms with E-state index in [-0.39, 0.29) is 17.9 Å². The molecule has 7 heteroatoms. The van der Waals surface area contributed by atoms with E-state index in [0.717, 1.165) is 19.2 Å². The van der Waals surface area contributed by atoms with E-state index in [1.807, 2.05) is 0 Å². The molecule has 0 radical (unpaired) electrons. The molecule has 2 atom stereocenters. The van der Waals surface area contributed by atoms with Crippen LogP contribution in [0, 0.1) is 11.6 Å². The number of aliphatic hydroxyl groups is 2. The monoisotopic (exact) mass is 294 g/mol. The molecule has 0 saturated carbocycles. The van der Waals surface area contributed by atoms with Crippen LogP contribution in [0.3, 0.4) is 0 Å². The number of carbonyl (C=O) groups excluding carboxylic acids is 1. The molecule has 0 saturated heterocycles. The number of methoxy groups -OCH3 is 1. The zero-order valence-corrected chi connectivity index (χ0v) is 10.8. The summed E-state index contributed by atoms with van der Waals surface area (Å²) in [6.07, 6.45) is -2.68. The van der Waals surface area contributed by atoms with Crippen LogP contribution in [0.25, 0.3) is 0 Å². The standard InChI is InChI=1S/C12H13ClF2O4/c1-19-12(18)10-7(14)4-6(5-8(10)15)11(17)9(16)2-3-13/h4-5,9,11,16-17H,2-3H2,1H3. The third kappa shape index (κ3) is 3.62. The Bertz CT molecular complexity index is 444. The number of carbonyl (C=O) groups is 1. The second-order valence-electron chi connectivity index (χ2n) is 3.84. The highest BCUT2D eigenvalue weighted by Crippen LogP contribution is 2.24. The summed E-state index contributed by atoms with van der Waals surface area (Å²) >= 11 is 5.40. The lowest BCUT2D eigenvalue weighted by molar-refractivity contribution is 0.0166. The zero-order chi connectivity index (χ0) is 14.6. The van der Waals surface area contributed by atoms with E-state index in [9.17, 15) is 23.8 Å². The van der Waals surface area contributed by atoms with Crippen LogP contribution < -0.4 is 0 Å². The van der Waals surface area contributed by atoms with Gasteiger partial charge in [0.15, 0.2) is 0 Å². The van der Waals surface area contributed by atoms with Crippen LogP contribution in [0.5, 0.6) is 0 Å². The summed E-state index contributed by atoms with van der Waals surface area (Å²) in [5, 5.41) is 19.2. The second-order valence-corrected chi connectivity index (χ2v) is 4.22. The normalized spacial score (nSPS) is 14.0. The van der Waals surface area contributed by atoms with Gasteiger partial charge < -0.3 is 14.9 Å². The minimum atomic E-state index is -1.49. The maximum atomic E-state index is 13.6. The lowest BCUT2D eigenvalue weighted by Crippen LogP contribution is -2.20. The van der Waals surface area contributed by atoms with Crippen molar-refractivity contribution in [2.24, 2.45) is 0 Å². The predicted molar refractivity (Wildman–Crippen MR) is 64.0 cm³/mol. The maximum absolute atomic E-state index is 13.6. The fourth-order valence-electron chi connectivity index (χ4n) is 1.55. The molecule has 0 aliphatic rings. The van der Waals surface area contributed by atoms with E-state index in [2.05, 4.69) is 4.74 Å². The first-order valence-corrected chi connectivity index (χ1v) is 5.95. The largest absolute Gasteiger partial charge is 0.465 e. The molecule has 0 fully saturated rings. The van der Waals surface area contributed by atoms with Crippen molar-refractivity contribution in [1.29, 1.82) is 0 Å². The quantitative estimate of drug-likeness (QED) is 0.642. The lowest BCUT2D eigenvalue weighted by atomic mass is 10.0. The van der Waals surface area contributed by atoms with Gasteiger partial charge in [0.05, 0.1) is 13.2 Å². The molecule has 1 rings (SSSR count). The first-order valence-electron chi connectivity index (χ1n) is 5.41. The summed E-state index contributed by atoms with van der Waals surface area (Å²) in [4.78, 5) is 11.1. The smallest absolute Gasteiger partial charge is 0.343 e. The number of hydrogen-bond donors (Lipinski definition) is 2. The van der Waals surface area contributed by atoms with Crippen molar-refractivity contribution >= 4 is 17.6 Å². The van der Waals surface area contributed by atoms with Gasteiger partial charge in [-0.25, -0.2) is 13.6 Å². The molecule has 1 aromatic carbocycles. The number of esters is 1. The minimum absolute atomic E-state index is 0.0602. The number of aliphatic hydroxyl groups excluding tert-OH is 2. The van der Waals surface area contributed by atoms with Crippen molar-refractivity contribution in [2.75, 3.05) is 13.0 Å². The first-order chi connectivity index (χ1) is 8.92. The highest BCUT2D eigenvalue weighted by Gasteiger charge is 2.24. The van der Waals surface area contributed by atoms with Gasteiger partial charge in [-0.3, -0.25) is 0 Å². The topological polar surface area (TPSA) is 66.8 Å². The Balaban J connectivity index is 3.10. The third-order valence-corrected chi connectivity index (χ3v) is 2.78. The van der Waals surface area contributed by atoms with Crippen molar-refractivity contribution in [3.05, 3.63) is 34.9 Å². The molecule has 19 heavy (non-hydrogen) atoms. The van der Waals surface area contributed by atoms with Crippen molar-refractivity contribution in [3.8, 4) is 0 Å². The van der Waals surface area contributed by atoms with E-state index in [0.29, 0.717) is 0 Å². The summed E-state index contributed by atoms with van der Waals surface area (Å²) < 4.78 is 31.4. The molecule has 0 aliphatic carbocycles. The van der Waals surface area contributed by atoms with Gasteiger partial charge in [0.1, 0.15) is 23.3 Å². The summed E-state index contributed by atoms with van der Waals surface area (Å²) in [6, 6.07) is 1.55. The molecule has 0 bridgehead atoms. The summed E-state index contributed by atoms with van der Waals surface area (Å²) in [5.41, 5.74) is -1.02. The van der Waals surface area contributed by atoms with Crippen LogP contribution in [0.15, 0.2) is 12.1 Å². The fourth-order valence-corrected chi connectivity index (χ4v) is 1.78. The molecule has 4 nitrogen and oxygen atoms in total. The minimum Gasteiger partial charge on any atom is -0.465 e. The van der Waals surface area contributed by atoms with E-state index >= 15 is 0 Å². The Hall–Kier alpha value is -1.24.